The molecule has 0 aromatic rings. The molecule has 1 aliphatic rings. The minimum Gasteiger partial charge on any atom is -0.314 e. The van der Waals surface area contributed by atoms with Crippen molar-refractivity contribution in [1.82, 2.24) is 10.2 Å². The Morgan fingerprint density at radius 2 is 1.58 bits per heavy atom. The maximum Gasteiger partial charge on any atom is 0.00672 e. The molecule has 1 rings (SSSR count). The minimum atomic E-state index is 0.508. The van der Waals surface area contributed by atoms with Crippen LogP contribution in [0.5, 0.6) is 0 Å². The highest BCUT2D eigenvalue weighted by molar-refractivity contribution is 4.83. The molecule has 0 unspecified atom stereocenters. The highest BCUT2D eigenvalue weighted by Crippen LogP contribution is 2.37. The van der Waals surface area contributed by atoms with Gasteiger partial charge in [0.2, 0.25) is 0 Å². The quantitative estimate of drug-likeness (QED) is 0.704. The van der Waals surface area contributed by atoms with Crippen LogP contribution >= 0.6 is 0 Å². The van der Waals surface area contributed by atoms with E-state index in [1.807, 2.05) is 0 Å². The zero-order valence-electron chi connectivity index (χ0n) is 14.0. The molecule has 1 fully saturated rings. The van der Waals surface area contributed by atoms with E-state index in [0.29, 0.717) is 5.41 Å². The third-order valence-corrected chi connectivity index (χ3v) is 4.93. The molecule has 0 bridgehead atoms. The Morgan fingerprint density at radius 3 is 2.05 bits per heavy atom. The van der Waals surface area contributed by atoms with Crippen LogP contribution in [-0.4, -0.2) is 37.1 Å². The first kappa shape index (κ1) is 17.0. The fraction of sp³-hybridized carbons (Fsp3) is 1.00. The lowest BCUT2D eigenvalue weighted by Gasteiger charge is -2.37. The lowest BCUT2D eigenvalue weighted by molar-refractivity contribution is 0.159. The fourth-order valence-electron chi connectivity index (χ4n) is 3.31. The first-order chi connectivity index (χ1) is 8.97. The summed E-state index contributed by atoms with van der Waals surface area (Å²) >= 11 is 0. The van der Waals surface area contributed by atoms with Gasteiger partial charge in [0.05, 0.1) is 0 Å². The van der Waals surface area contributed by atoms with Crippen LogP contribution in [0, 0.1) is 11.3 Å². The molecule has 0 atom stereocenters. The molecule has 2 heteroatoms. The van der Waals surface area contributed by atoms with Gasteiger partial charge in [-0.2, -0.15) is 0 Å². The van der Waals surface area contributed by atoms with Crippen LogP contribution < -0.4 is 5.32 Å². The molecular weight excluding hydrogens is 232 g/mol. The van der Waals surface area contributed by atoms with Crippen molar-refractivity contribution in [3.05, 3.63) is 0 Å². The van der Waals surface area contributed by atoms with Crippen molar-refractivity contribution in [3.8, 4) is 0 Å². The third kappa shape index (κ3) is 6.27. The summed E-state index contributed by atoms with van der Waals surface area (Å²) in [5.74, 6) is 0.932. The van der Waals surface area contributed by atoms with Crippen LogP contribution in [-0.2, 0) is 0 Å². The standard InChI is InChI=1S/C17H36N2/c1-6-19(7-2)14-8-13-18-16-11-9-15(10-12-16)17(3,4)5/h15-16,18H,6-14H2,1-5H3. The molecule has 114 valence electrons. The maximum absolute atomic E-state index is 3.77. The molecular formula is C17H36N2. The number of nitrogens with zero attached hydrogens (tertiary/aromatic N) is 1. The fourth-order valence-corrected chi connectivity index (χ4v) is 3.31. The monoisotopic (exact) mass is 268 g/mol. The highest BCUT2D eigenvalue weighted by Gasteiger charge is 2.29. The van der Waals surface area contributed by atoms with Crippen LogP contribution in [0.2, 0.25) is 0 Å². The summed E-state index contributed by atoms with van der Waals surface area (Å²) in [5, 5.41) is 3.77. The maximum atomic E-state index is 3.77. The Kier molecular flexibility index (Phi) is 7.38. The second-order valence-corrected chi connectivity index (χ2v) is 7.25. The van der Waals surface area contributed by atoms with Crippen LogP contribution in [0.3, 0.4) is 0 Å². The molecule has 0 heterocycles. The summed E-state index contributed by atoms with van der Waals surface area (Å²) in [6, 6.07) is 0.787. The molecule has 2 nitrogen and oxygen atoms in total. The molecule has 0 aromatic heterocycles. The van der Waals surface area contributed by atoms with E-state index in [2.05, 4.69) is 44.8 Å². The number of hydrogen-bond acceptors (Lipinski definition) is 2. The topological polar surface area (TPSA) is 15.3 Å². The summed E-state index contributed by atoms with van der Waals surface area (Å²) in [6.07, 6.45) is 6.88. The van der Waals surface area contributed by atoms with Crippen LogP contribution in [0.15, 0.2) is 0 Å². The Morgan fingerprint density at radius 1 is 1.00 bits per heavy atom. The molecule has 0 amide bonds. The van der Waals surface area contributed by atoms with E-state index in [1.165, 1.54) is 58.3 Å². The second kappa shape index (κ2) is 8.26. The van der Waals surface area contributed by atoms with Crippen molar-refractivity contribution >= 4 is 0 Å². The molecule has 19 heavy (non-hydrogen) atoms. The Labute approximate surface area is 121 Å². The van der Waals surface area contributed by atoms with Gasteiger partial charge < -0.3 is 10.2 Å². The summed E-state index contributed by atoms with van der Waals surface area (Å²) in [5.41, 5.74) is 0.508. The van der Waals surface area contributed by atoms with Gasteiger partial charge >= 0.3 is 0 Å². The Bertz CT molecular complexity index is 220. The van der Waals surface area contributed by atoms with Crippen molar-refractivity contribution in [3.63, 3.8) is 0 Å². The molecule has 0 radical (unpaired) electrons. The Hall–Kier alpha value is -0.0800. The number of rotatable bonds is 7. The minimum absolute atomic E-state index is 0.508. The third-order valence-electron chi connectivity index (χ3n) is 4.93. The predicted molar refractivity (Wildman–Crippen MR) is 85.6 cm³/mol. The van der Waals surface area contributed by atoms with E-state index >= 15 is 0 Å². The van der Waals surface area contributed by atoms with Crippen LogP contribution in [0.4, 0.5) is 0 Å². The molecule has 0 spiro atoms. The largest absolute Gasteiger partial charge is 0.314 e. The molecule has 0 saturated heterocycles. The van der Waals surface area contributed by atoms with Gasteiger partial charge in [0.15, 0.2) is 0 Å². The second-order valence-electron chi connectivity index (χ2n) is 7.25. The smallest absolute Gasteiger partial charge is 0.00672 e. The van der Waals surface area contributed by atoms with Gasteiger partial charge in [0.1, 0.15) is 0 Å². The van der Waals surface area contributed by atoms with Gasteiger partial charge in [0.25, 0.3) is 0 Å². The van der Waals surface area contributed by atoms with E-state index in [1.54, 1.807) is 0 Å². The van der Waals surface area contributed by atoms with Crippen molar-refractivity contribution < 1.29 is 0 Å². The van der Waals surface area contributed by atoms with Crippen LogP contribution in [0.25, 0.3) is 0 Å². The summed E-state index contributed by atoms with van der Waals surface area (Å²) in [7, 11) is 0. The molecule has 0 aromatic carbocycles. The summed E-state index contributed by atoms with van der Waals surface area (Å²) in [4.78, 5) is 2.51. The van der Waals surface area contributed by atoms with E-state index in [9.17, 15) is 0 Å². The summed E-state index contributed by atoms with van der Waals surface area (Å²) in [6.45, 7) is 16.5. The first-order valence-electron chi connectivity index (χ1n) is 8.43. The van der Waals surface area contributed by atoms with Crippen molar-refractivity contribution in [2.75, 3.05) is 26.2 Å². The number of nitrogens with one attached hydrogen (secondary N) is 1. The zero-order chi connectivity index (χ0) is 14.3. The Balaban J connectivity index is 2.10. The van der Waals surface area contributed by atoms with E-state index in [4.69, 9.17) is 0 Å². The zero-order valence-corrected chi connectivity index (χ0v) is 14.0. The molecule has 1 N–H and O–H groups in total. The molecule has 1 saturated carbocycles. The predicted octanol–water partition coefficient (Wildman–Crippen LogP) is 3.91. The van der Waals surface area contributed by atoms with Crippen molar-refractivity contribution in [1.29, 1.82) is 0 Å². The van der Waals surface area contributed by atoms with Gasteiger partial charge in [-0.05, 0) is 69.6 Å². The van der Waals surface area contributed by atoms with Crippen molar-refractivity contribution in [2.45, 2.75) is 72.8 Å². The van der Waals surface area contributed by atoms with Gasteiger partial charge in [-0.3, -0.25) is 0 Å². The average molecular weight is 268 g/mol. The normalized spacial score (nSPS) is 24.9. The summed E-state index contributed by atoms with van der Waals surface area (Å²) < 4.78 is 0. The molecule has 0 aliphatic heterocycles. The lowest BCUT2D eigenvalue weighted by Crippen LogP contribution is -2.37. The first-order valence-corrected chi connectivity index (χ1v) is 8.43. The highest BCUT2D eigenvalue weighted by atomic mass is 15.1. The van der Waals surface area contributed by atoms with Gasteiger partial charge in [-0.1, -0.05) is 34.6 Å². The van der Waals surface area contributed by atoms with Gasteiger partial charge in [-0.25, -0.2) is 0 Å². The van der Waals surface area contributed by atoms with E-state index in [-0.39, 0.29) is 0 Å². The average Bonchev–Trinajstić information content (AvgIpc) is 2.38. The van der Waals surface area contributed by atoms with Crippen molar-refractivity contribution in [2.24, 2.45) is 11.3 Å². The lowest BCUT2D eigenvalue weighted by atomic mass is 9.71. The number of hydrogen-bond donors (Lipinski definition) is 1. The van der Waals surface area contributed by atoms with Crippen LogP contribution in [0.1, 0.15) is 66.7 Å². The SMILES string of the molecule is CCN(CC)CCCNC1CCC(C(C)(C)C)CC1. The molecule has 1 aliphatic carbocycles. The van der Waals surface area contributed by atoms with E-state index in [0.717, 1.165) is 12.0 Å². The van der Waals surface area contributed by atoms with E-state index < -0.39 is 0 Å². The van der Waals surface area contributed by atoms with Gasteiger partial charge in [0, 0.05) is 6.04 Å². The van der Waals surface area contributed by atoms with Gasteiger partial charge in [-0.15, -0.1) is 0 Å².